The first-order chi connectivity index (χ1) is 14.2. The van der Waals surface area contributed by atoms with Gasteiger partial charge in [0.1, 0.15) is 0 Å². The van der Waals surface area contributed by atoms with Crippen LogP contribution in [-0.2, 0) is 6.42 Å². The summed E-state index contributed by atoms with van der Waals surface area (Å²) in [5.41, 5.74) is 4.24. The van der Waals surface area contributed by atoms with Crippen LogP contribution in [0.1, 0.15) is 11.3 Å². The van der Waals surface area contributed by atoms with Crippen molar-refractivity contribution in [1.82, 2.24) is 20.5 Å². The number of fused-ring (bicyclic) bond motifs is 1. The lowest BCUT2D eigenvalue weighted by Gasteiger charge is -2.06. The van der Waals surface area contributed by atoms with Gasteiger partial charge in [0.2, 0.25) is 0 Å². The van der Waals surface area contributed by atoms with Crippen molar-refractivity contribution in [2.45, 2.75) is 6.42 Å². The number of nitrogens with one attached hydrogen (secondary N) is 3. The number of benzene rings is 2. The number of carbonyl (C=O) groups excluding carboxylic acids is 1. The first-order valence-corrected chi connectivity index (χ1v) is 9.16. The molecule has 4 rings (SSSR count). The number of carbonyl (C=O) groups is 1. The van der Waals surface area contributed by atoms with Crippen LogP contribution in [-0.4, -0.2) is 27.8 Å². The van der Waals surface area contributed by atoms with Crippen LogP contribution in [0.15, 0.2) is 66.9 Å². The molecule has 0 spiro atoms. The number of rotatable bonds is 5. The lowest BCUT2D eigenvalue weighted by atomic mass is 10.0. The summed E-state index contributed by atoms with van der Waals surface area (Å²) in [6.07, 6.45) is 2.39. The van der Waals surface area contributed by atoms with Gasteiger partial charge < -0.3 is 5.32 Å². The van der Waals surface area contributed by atoms with Crippen molar-refractivity contribution >= 4 is 22.8 Å². The van der Waals surface area contributed by atoms with Gasteiger partial charge in [-0.05, 0) is 47.5 Å². The molecule has 0 aliphatic carbocycles. The second-order valence-corrected chi connectivity index (χ2v) is 6.48. The molecule has 0 radical (unpaired) electrons. The predicted molar refractivity (Wildman–Crippen MR) is 111 cm³/mol. The topological polar surface area (TPSA) is 106 Å². The van der Waals surface area contributed by atoms with E-state index in [2.05, 4.69) is 31.9 Å². The van der Waals surface area contributed by atoms with Gasteiger partial charge in [0, 0.05) is 30.2 Å². The van der Waals surface area contributed by atoms with Crippen LogP contribution >= 0.6 is 0 Å². The molecule has 29 heavy (non-hydrogen) atoms. The average molecular weight is 382 g/mol. The maximum absolute atomic E-state index is 12.2. The molecule has 2 amide bonds. The zero-order valence-corrected chi connectivity index (χ0v) is 15.5. The van der Waals surface area contributed by atoms with Crippen molar-refractivity contribution in [3.05, 3.63) is 78.1 Å². The molecule has 0 aliphatic heterocycles. The summed E-state index contributed by atoms with van der Waals surface area (Å²) < 4.78 is 0. The van der Waals surface area contributed by atoms with E-state index in [4.69, 9.17) is 5.26 Å². The van der Waals surface area contributed by atoms with Gasteiger partial charge in [0.25, 0.3) is 0 Å². The largest absolute Gasteiger partial charge is 0.337 e. The van der Waals surface area contributed by atoms with Crippen molar-refractivity contribution in [2.24, 2.45) is 0 Å². The summed E-state index contributed by atoms with van der Waals surface area (Å²) >= 11 is 0. The van der Waals surface area contributed by atoms with Crippen LogP contribution < -0.4 is 10.6 Å². The molecule has 3 N–H and O–H groups in total. The van der Waals surface area contributed by atoms with E-state index in [0.717, 1.165) is 27.7 Å². The van der Waals surface area contributed by atoms with Crippen molar-refractivity contribution < 1.29 is 4.79 Å². The van der Waals surface area contributed by atoms with Gasteiger partial charge in [0.15, 0.2) is 5.82 Å². The highest BCUT2D eigenvalue weighted by molar-refractivity contribution is 6.00. The Hall–Kier alpha value is -4.18. The molecule has 0 unspecified atom stereocenters. The van der Waals surface area contributed by atoms with E-state index in [0.29, 0.717) is 24.3 Å². The van der Waals surface area contributed by atoms with E-state index >= 15 is 0 Å². The molecular formula is C22H18N6O. The molecule has 142 valence electrons. The molecule has 0 saturated carbocycles. The van der Waals surface area contributed by atoms with Crippen LogP contribution in [0, 0.1) is 11.3 Å². The minimum atomic E-state index is -0.319. The van der Waals surface area contributed by atoms with Crippen molar-refractivity contribution in [3.63, 3.8) is 0 Å². The lowest BCUT2D eigenvalue weighted by molar-refractivity contribution is 0.252. The highest BCUT2D eigenvalue weighted by Gasteiger charge is 2.10. The number of pyridine rings is 1. The lowest BCUT2D eigenvalue weighted by Crippen LogP contribution is -2.30. The number of aromatic amines is 1. The fraction of sp³-hybridized carbons (Fsp3) is 0.0909. The normalized spacial score (nSPS) is 10.4. The third kappa shape index (κ3) is 4.22. The van der Waals surface area contributed by atoms with Crippen LogP contribution in [0.3, 0.4) is 0 Å². The molecule has 2 aromatic heterocycles. The van der Waals surface area contributed by atoms with E-state index in [-0.39, 0.29) is 6.03 Å². The van der Waals surface area contributed by atoms with Crippen LogP contribution in [0.4, 0.5) is 10.6 Å². The number of nitrogens with zero attached hydrogens (tertiary/aromatic N) is 3. The number of aromatic nitrogens is 3. The molecular weight excluding hydrogens is 364 g/mol. The van der Waals surface area contributed by atoms with Gasteiger partial charge in [-0.25, -0.2) is 4.79 Å². The Bertz CT molecular complexity index is 1190. The van der Waals surface area contributed by atoms with E-state index in [1.807, 2.05) is 54.6 Å². The maximum atomic E-state index is 12.2. The summed E-state index contributed by atoms with van der Waals surface area (Å²) in [6.45, 7) is 0.477. The average Bonchev–Trinajstić information content (AvgIpc) is 3.16. The number of nitriles is 1. The molecule has 7 heteroatoms. The minimum Gasteiger partial charge on any atom is -0.337 e. The Morgan fingerprint density at radius 2 is 1.97 bits per heavy atom. The Balaban J connectivity index is 1.43. The smallest absolute Gasteiger partial charge is 0.320 e. The highest BCUT2D eigenvalue weighted by Crippen LogP contribution is 2.27. The maximum Gasteiger partial charge on any atom is 0.320 e. The molecule has 0 atom stereocenters. The van der Waals surface area contributed by atoms with Gasteiger partial charge in [-0.1, -0.05) is 24.3 Å². The standard InChI is InChI=1S/C22H18N6O/c23-14-15-4-3-5-16(12-15)17-7-8-19-20(13-17)27-28-21(19)26-22(29)25-11-9-18-6-1-2-10-24-18/h1-8,10,12-13H,9,11H2,(H3,25,26,27,28,29). The quantitative estimate of drug-likeness (QED) is 0.487. The van der Waals surface area contributed by atoms with Gasteiger partial charge in [-0.3, -0.25) is 15.4 Å². The van der Waals surface area contributed by atoms with E-state index in [9.17, 15) is 4.79 Å². The zero-order chi connectivity index (χ0) is 20.1. The number of anilines is 1. The monoisotopic (exact) mass is 382 g/mol. The second-order valence-electron chi connectivity index (χ2n) is 6.48. The van der Waals surface area contributed by atoms with Crippen molar-refractivity contribution in [1.29, 1.82) is 5.26 Å². The number of H-pyrrole nitrogens is 1. The Morgan fingerprint density at radius 3 is 2.79 bits per heavy atom. The van der Waals surface area contributed by atoms with Gasteiger partial charge in [-0.2, -0.15) is 10.4 Å². The number of urea groups is 1. The number of hydrogen-bond donors (Lipinski definition) is 3. The summed E-state index contributed by atoms with van der Waals surface area (Å²) in [5.74, 6) is 0.465. The summed E-state index contributed by atoms with van der Waals surface area (Å²) in [7, 11) is 0. The third-order valence-corrected chi connectivity index (χ3v) is 4.51. The molecule has 7 nitrogen and oxygen atoms in total. The van der Waals surface area contributed by atoms with Crippen LogP contribution in [0.2, 0.25) is 0 Å². The molecule has 2 aromatic carbocycles. The predicted octanol–water partition coefficient (Wildman–Crippen LogP) is 3.86. The van der Waals surface area contributed by atoms with Gasteiger partial charge >= 0.3 is 6.03 Å². The van der Waals surface area contributed by atoms with Crippen molar-refractivity contribution in [3.8, 4) is 17.2 Å². The molecule has 2 heterocycles. The van der Waals surface area contributed by atoms with Crippen LogP contribution in [0.25, 0.3) is 22.0 Å². The molecule has 0 aliphatic rings. The second kappa shape index (κ2) is 8.23. The molecule has 0 saturated heterocycles. The number of hydrogen-bond acceptors (Lipinski definition) is 4. The number of amides is 2. The van der Waals surface area contributed by atoms with Crippen molar-refractivity contribution in [2.75, 3.05) is 11.9 Å². The fourth-order valence-electron chi connectivity index (χ4n) is 3.06. The summed E-state index contributed by atoms with van der Waals surface area (Å²) in [5, 5.41) is 22.6. The van der Waals surface area contributed by atoms with Crippen LogP contribution in [0.5, 0.6) is 0 Å². The minimum absolute atomic E-state index is 0.319. The van der Waals surface area contributed by atoms with E-state index in [1.165, 1.54) is 0 Å². The summed E-state index contributed by atoms with van der Waals surface area (Å²) in [6, 6.07) is 20.7. The highest BCUT2D eigenvalue weighted by atomic mass is 16.2. The van der Waals surface area contributed by atoms with E-state index < -0.39 is 0 Å². The fourth-order valence-corrected chi connectivity index (χ4v) is 3.06. The zero-order valence-electron chi connectivity index (χ0n) is 15.5. The molecule has 4 aromatic rings. The first-order valence-electron chi connectivity index (χ1n) is 9.16. The Kier molecular flexibility index (Phi) is 5.16. The Labute approximate surface area is 167 Å². The van der Waals surface area contributed by atoms with Gasteiger partial charge in [-0.15, -0.1) is 0 Å². The van der Waals surface area contributed by atoms with E-state index in [1.54, 1.807) is 12.3 Å². The SMILES string of the molecule is N#Cc1cccc(-c2ccc3c(NC(=O)NCCc4ccccn4)n[nH]c3c2)c1. The molecule has 0 bridgehead atoms. The van der Waals surface area contributed by atoms with Gasteiger partial charge in [0.05, 0.1) is 17.1 Å². The first kappa shape index (κ1) is 18.2. The Morgan fingerprint density at radius 1 is 1.07 bits per heavy atom. The molecule has 0 fully saturated rings. The summed E-state index contributed by atoms with van der Waals surface area (Å²) in [4.78, 5) is 16.4. The third-order valence-electron chi connectivity index (χ3n) is 4.51.